The number of likely N-dealkylation sites (N-methyl/N-ethyl adjacent to an activating group) is 1. The summed E-state index contributed by atoms with van der Waals surface area (Å²) in [7, 11) is 2.99. The molecule has 0 fully saturated rings. The molecule has 2 aromatic rings. The van der Waals surface area contributed by atoms with Gasteiger partial charge in [-0.3, -0.25) is 28.8 Å². The van der Waals surface area contributed by atoms with Crippen LogP contribution in [0.3, 0.4) is 0 Å². The van der Waals surface area contributed by atoms with E-state index < -0.39 is 57.6 Å². The van der Waals surface area contributed by atoms with Gasteiger partial charge in [-0.2, -0.15) is 0 Å². The van der Waals surface area contributed by atoms with Crippen molar-refractivity contribution in [3.63, 3.8) is 0 Å². The molecule has 41 heavy (non-hydrogen) atoms. The van der Waals surface area contributed by atoms with E-state index in [9.17, 15) is 37.5 Å². The van der Waals surface area contributed by atoms with Crippen LogP contribution in [0.5, 0.6) is 5.75 Å². The topological polar surface area (TPSA) is 139 Å². The summed E-state index contributed by atoms with van der Waals surface area (Å²) in [6.07, 6.45) is 0. The van der Waals surface area contributed by atoms with Crippen molar-refractivity contribution in [2.45, 2.75) is 32.9 Å². The molecule has 220 valence electrons. The molecule has 0 aliphatic rings. The van der Waals surface area contributed by atoms with E-state index in [4.69, 9.17) is 4.74 Å². The highest BCUT2D eigenvalue weighted by Gasteiger charge is 2.27. The fourth-order valence-corrected chi connectivity index (χ4v) is 5.35. The van der Waals surface area contributed by atoms with E-state index in [1.165, 1.54) is 57.1 Å². The van der Waals surface area contributed by atoms with Crippen LogP contribution in [0.1, 0.15) is 31.1 Å². The van der Waals surface area contributed by atoms with Crippen molar-refractivity contribution in [3.8, 4) is 16.9 Å². The molecule has 0 saturated carbocycles. The molecule has 0 spiro atoms. The Balaban J connectivity index is 2.26. The molecule has 2 atom stereocenters. The van der Waals surface area contributed by atoms with Crippen molar-refractivity contribution >= 4 is 57.4 Å². The lowest BCUT2D eigenvalue weighted by atomic mass is 10.0. The van der Waals surface area contributed by atoms with Gasteiger partial charge in [-0.25, -0.2) is 8.78 Å². The Morgan fingerprint density at radius 3 is 2.02 bits per heavy atom. The van der Waals surface area contributed by atoms with Crippen LogP contribution in [0.4, 0.5) is 8.78 Å². The third-order valence-corrected chi connectivity index (χ3v) is 7.30. The summed E-state index contributed by atoms with van der Waals surface area (Å²) < 4.78 is 32.9. The van der Waals surface area contributed by atoms with Crippen LogP contribution < -0.4 is 15.4 Å². The molecule has 2 N–H and O–H groups in total. The molecule has 0 aliphatic carbocycles. The Labute approximate surface area is 243 Å². The van der Waals surface area contributed by atoms with Crippen LogP contribution in [-0.2, 0) is 24.0 Å². The van der Waals surface area contributed by atoms with Crippen LogP contribution in [0.15, 0.2) is 36.4 Å². The highest BCUT2D eigenvalue weighted by Crippen LogP contribution is 2.32. The van der Waals surface area contributed by atoms with E-state index in [2.05, 4.69) is 10.6 Å². The fraction of sp³-hybridized carbons (Fsp3) is 0.333. The first kappa shape index (κ1) is 33.4. The SMILES string of the molecule is CC(=O)N[C@@H](CSC(=O)c1cc(-c2ccc(F)cc2F)ccc1OC(C)=O)C(=O)SC[C@H](NC(C)=O)C(=O)N(C)C. The summed E-state index contributed by atoms with van der Waals surface area (Å²) in [5.41, 5.74) is 0.0980. The first-order valence-corrected chi connectivity index (χ1v) is 14.0. The number of carbonyl (C=O) groups is 6. The lowest BCUT2D eigenvalue weighted by Crippen LogP contribution is -2.48. The number of thioether (sulfide) groups is 2. The summed E-state index contributed by atoms with van der Waals surface area (Å²) in [6.45, 7) is 3.55. The van der Waals surface area contributed by atoms with Gasteiger partial charge in [0.15, 0.2) is 0 Å². The zero-order valence-corrected chi connectivity index (χ0v) is 24.5. The van der Waals surface area contributed by atoms with Gasteiger partial charge >= 0.3 is 5.97 Å². The minimum atomic E-state index is -1.16. The monoisotopic (exact) mass is 609 g/mol. The van der Waals surface area contributed by atoms with Crippen molar-refractivity contribution in [3.05, 3.63) is 53.6 Å². The number of ether oxygens (including phenoxy) is 1. The second-order valence-electron chi connectivity index (χ2n) is 8.90. The van der Waals surface area contributed by atoms with Crippen molar-refractivity contribution in [2.75, 3.05) is 25.6 Å². The number of rotatable bonds is 11. The van der Waals surface area contributed by atoms with E-state index in [0.29, 0.717) is 29.6 Å². The molecule has 2 rings (SSSR count). The number of hydrogen-bond acceptors (Lipinski definition) is 9. The van der Waals surface area contributed by atoms with Crippen molar-refractivity contribution in [1.82, 2.24) is 15.5 Å². The number of amides is 3. The van der Waals surface area contributed by atoms with Crippen LogP contribution in [0.2, 0.25) is 0 Å². The van der Waals surface area contributed by atoms with Crippen LogP contribution in [-0.4, -0.2) is 76.5 Å². The standard InChI is InChI=1S/C27H29F2N3O7S2/c1-14(33)30-22(25(36)32(4)5)12-41-27(38)23(31-15(2)34)13-40-26(37)20-10-17(6-9-24(20)39-16(3)35)19-8-7-18(28)11-21(19)29/h6-11,22-23H,12-13H2,1-5H3,(H,30,33)(H,31,34)/t22-,23-/m0/s1. The predicted octanol–water partition coefficient (Wildman–Crippen LogP) is 2.79. The van der Waals surface area contributed by atoms with Crippen molar-refractivity contribution in [2.24, 2.45) is 0 Å². The Morgan fingerprint density at radius 1 is 0.854 bits per heavy atom. The molecule has 0 unspecified atom stereocenters. The number of esters is 1. The van der Waals surface area contributed by atoms with E-state index in [-0.39, 0.29) is 33.9 Å². The smallest absolute Gasteiger partial charge is 0.308 e. The maximum absolute atomic E-state index is 14.4. The molecule has 3 amide bonds. The largest absolute Gasteiger partial charge is 0.426 e. The molecule has 0 radical (unpaired) electrons. The molecule has 0 heterocycles. The van der Waals surface area contributed by atoms with Gasteiger partial charge in [0.05, 0.1) is 5.56 Å². The second-order valence-corrected chi connectivity index (χ2v) is 10.9. The highest BCUT2D eigenvalue weighted by atomic mass is 32.2. The number of hydrogen-bond donors (Lipinski definition) is 2. The van der Waals surface area contributed by atoms with E-state index in [0.717, 1.165) is 13.0 Å². The van der Waals surface area contributed by atoms with Crippen molar-refractivity contribution < 1.29 is 42.3 Å². The Bertz CT molecular complexity index is 1350. The molecule has 2 aromatic carbocycles. The third kappa shape index (κ3) is 10.3. The first-order valence-electron chi connectivity index (χ1n) is 12.1. The minimum Gasteiger partial charge on any atom is -0.426 e. The van der Waals surface area contributed by atoms with Crippen LogP contribution >= 0.6 is 23.5 Å². The van der Waals surface area contributed by atoms with Gasteiger partial charge in [-0.15, -0.1) is 0 Å². The molecule has 0 saturated heterocycles. The maximum atomic E-state index is 14.4. The van der Waals surface area contributed by atoms with Crippen LogP contribution in [0.25, 0.3) is 11.1 Å². The van der Waals surface area contributed by atoms with Gasteiger partial charge in [0.1, 0.15) is 29.5 Å². The summed E-state index contributed by atoms with van der Waals surface area (Å²) in [6, 6.07) is 4.76. The summed E-state index contributed by atoms with van der Waals surface area (Å²) in [4.78, 5) is 74.7. The lowest BCUT2D eigenvalue weighted by molar-refractivity contribution is -0.133. The zero-order chi connectivity index (χ0) is 30.9. The molecule has 10 nitrogen and oxygen atoms in total. The van der Waals surface area contributed by atoms with Gasteiger partial charge in [-0.05, 0) is 29.8 Å². The summed E-state index contributed by atoms with van der Waals surface area (Å²) >= 11 is 1.34. The summed E-state index contributed by atoms with van der Waals surface area (Å²) in [5, 5.41) is 3.72. The molecular formula is C27H29F2N3O7S2. The highest BCUT2D eigenvalue weighted by molar-refractivity contribution is 8.15. The second kappa shape index (κ2) is 15.3. The van der Waals surface area contributed by atoms with Crippen molar-refractivity contribution in [1.29, 1.82) is 0 Å². The van der Waals surface area contributed by atoms with Crippen LogP contribution in [0, 0.1) is 11.6 Å². The van der Waals surface area contributed by atoms with Gasteiger partial charge in [0.2, 0.25) is 28.0 Å². The summed E-state index contributed by atoms with van der Waals surface area (Å²) in [5.74, 6) is -4.27. The average molecular weight is 610 g/mol. The van der Waals surface area contributed by atoms with E-state index in [1.807, 2.05) is 0 Å². The van der Waals surface area contributed by atoms with Gasteiger partial charge < -0.3 is 20.3 Å². The molecule has 14 heteroatoms. The quantitative estimate of drug-likeness (QED) is 0.291. The Hall–Kier alpha value is -3.78. The molecule has 0 bridgehead atoms. The first-order chi connectivity index (χ1) is 19.2. The number of halogens is 2. The lowest BCUT2D eigenvalue weighted by Gasteiger charge is -2.22. The number of nitrogens with zero attached hydrogens (tertiary/aromatic N) is 1. The predicted molar refractivity (Wildman–Crippen MR) is 151 cm³/mol. The fourth-order valence-electron chi connectivity index (χ4n) is 3.47. The maximum Gasteiger partial charge on any atom is 0.308 e. The Morgan fingerprint density at radius 2 is 1.46 bits per heavy atom. The average Bonchev–Trinajstić information content (AvgIpc) is 2.87. The zero-order valence-electron chi connectivity index (χ0n) is 22.9. The van der Waals surface area contributed by atoms with Gasteiger partial charge in [-0.1, -0.05) is 29.6 Å². The third-order valence-electron chi connectivity index (χ3n) is 5.25. The molecule has 0 aliphatic heterocycles. The number of nitrogens with one attached hydrogen (secondary N) is 2. The molecule has 0 aromatic heterocycles. The Kier molecular flexibility index (Phi) is 12.5. The number of carbonyl (C=O) groups excluding carboxylic acids is 6. The van der Waals surface area contributed by atoms with Gasteiger partial charge in [0, 0.05) is 58.0 Å². The molecular weight excluding hydrogens is 580 g/mol. The normalized spacial score (nSPS) is 12.1. The van der Waals surface area contributed by atoms with E-state index >= 15 is 0 Å². The minimum absolute atomic E-state index is 0.00326. The van der Waals surface area contributed by atoms with Gasteiger partial charge in [0.25, 0.3) is 0 Å². The van der Waals surface area contributed by atoms with E-state index in [1.54, 1.807) is 0 Å². The number of benzene rings is 2.